The Kier molecular flexibility index (Phi) is 3.31. The van der Waals surface area contributed by atoms with E-state index in [1.54, 1.807) is 0 Å². The monoisotopic (exact) mass is 138 g/mol. The molecule has 1 aliphatic rings. The van der Waals surface area contributed by atoms with Crippen LogP contribution in [-0.2, 0) is 0 Å². The van der Waals surface area contributed by atoms with Crippen LogP contribution < -0.4 is 5.84 Å². The molecule has 0 amide bonds. The highest BCUT2D eigenvalue weighted by atomic mass is 35.5. The van der Waals surface area contributed by atoms with Crippen LogP contribution >= 0.6 is 12.4 Å². The second-order valence-corrected chi connectivity index (χ2v) is 1.86. The summed E-state index contributed by atoms with van der Waals surface area (Å²) in [6.45, 7) is 0.834. The van der Waals surface area contributed by atoms with Crippen molar-refractivity contribution in [2.45, 2.75) is 19.1 Å². The summed E-state index contributed by atoms with van der Waals surface area (Å²) in [4.78, 5) is 0. The molecule has 0 saturated carbocycles. The van der Waals surface area contributed by atoms with Gasteiger partial charge in [0.25, 0.3) is 0 Å². The number of aliphatic hydroxyl groups is 1. The van der Waals surface area contributed by atoms with Gasteiger partial charge in [0.2, 0.25) is 0 Å². The molecule has 0 radical (unpaired) electrons. The molecule has 3 nitrogen and oxygen atoms in total. The smallest absolute Gasteiger partial charge is 0.119 e. The number of nitrogens with two attached hydrogens (primary N) is 1. The first-order valence-corrected chi connectivity index (χ1v) is 2.50. The molecule has 0 aromatic rings. The van der Waals surface area contributed by atoms with E-state index >= 15 is 0 Å². The molecule has 0 aliphatic carbocycles. The highest BCUT2D eigenvalue weighted by Crippen LogP contribution is 2.08. The largest absolute Gasteiger partial charge is 0.377 e. The van der Waals surface area contributed by atoms with Gasteiger partial charge in [0.15, 0.2) is 0 Å². The summed E-state index contributed by atoms with van der Waals surface area (Å²) in [7, 11) is 0. The third kappa shape index (κ3) is 1.59. The Bertz CT molecular complexity index is 63.1. The zero-order chi connectivity index (χ0) is 5.28. The van der Waals surface area contributed by atoms with Crippen LogP contribution in [0.25, 0.3) is 0 Å². The van der Waals surface area contributed by atoms with Gasteiger partial charge >= 0.3 is 0 Å². The van der Waals surface area contributed by atoms with Crippen molar-refractivity contribution in [3.8, 4) is 0 Å². The summed E-state index contributed by atoms with van der Waals surface area (Å²) in [5, 5.41) is 10.3. The van der Waals surface area contributed by atoms with Gasteiger partial charge < -0.3 is 5.11 Å². The maximum Gasteiger partial charge on any atom is 0.119 e. The Balaban J connectivity index is 0.000000490. The van der Waals surface area contributed by atoms with Gasteiger partial charge in [-0.15, -0.1) is 12.4 Å². The second-order valence-electron chi connectivity index (χ2n) is 1.86. The van der Waals surface area contributed by atoms with Crippen LogP contribution in [0.1, 0.15) is 12.8 Å². The van der Waals surface area contributed by atoms with Crippen molar-refractivity contribution in [1.29, 1.82) is 0 Å². The van der Waals surface area contributed by atoms with Crippen LogP contribution in [0.5, 0.6) is 0 Å². The third-order valence-electron chi connectivity index (χ3n) is 1.26. The summed E-state index contributed by atoms with van der Waals surface area (Å²) in [5.74, 6) is 5.26. The molecule has 1 rings (SSSR count). The Morgan fingerprint density at radius 1 is 1.62 bits per heavy atom. The zero-order valence-electron chi connectivity index (χ0n) is 4.58. The van der Waals surface area contributed by atoms with Gasteiger partial charge in [0.05, 0.1) is 0 Å². The minimum Gasteiger partial charge on any atom is -0.377 e. The Morgan fingerprint density at radius 3 is 2.38 bits per heavy atom. The van der Waals surface area contributed by atoms with Crippen LogP contribution in [0.4, 0.5) is 0 Å². The van der Waals surface area contributed by atoms with E-state index in [-0.39, 0.29) is 18.6 Å². The van der Waals surface area contributed by atoms with Crippen molar-refractivity contribution in [3.05, 3.63) is 0 Å². The molecule has 1 atom stereocenters. The molecule has 0 aromatic heterocycles. The fourth-order valence-corrected chi connectivity index (χ4v) is 0.771. The van der Waals surface area contributed by atoms with Crippen molar-refractivity contribution < 1.29 is 5.11 Å². The van der Waals surface area contributed by atoms with E-state index in [1.807, 2.05) is 0 Å². The molecular formula is C4H11ClN2O. The van der Waals surface area contributed by atoms with Crippen LogP contribution in [0.2, 0.25) is 0 Å². The number of halogens is 1. The Hall–Kier alpha value is 0.170. The van der Waals surface area contributed by atoms with E-state index < -0.39 is 0 Å². The van der Waals surface area contributed by atoms with E-state index in [2.05, 4.69) is 0 Å². The van der Waals surface area contributed by atoms with Gasteiger partial charge in [-0.3, -0.25) is 5.84 Å². The highest BCUT2D eigenvalue weighted by molar-refractivity contribution is 5.85. The lowest BCUT2D eigenvalue weighted by Gasteiger charge is -2.10. The maximum absolute atomic E-state index is 8.80. The molecule has 4 heteroatoms. The van der Waals surface area contributed by atoms with E-state index in [0.717, 1.165) is 19.4 Å². The van der Waals surface area contributed by atoms with Gasteiger partial charge in [0.1, 0.15) is 6.23 Å². The first-order valence-electron chi connectivity index (χ1n) is 2.50. The van der Waals surface area contributed by atoms with Crippen molar-refractivity contribution in [2.75, 3.05) is 6.54 Å². The van der Waals surface area contributed by atoms with Gasteiger partial charge in [-0.2, -0.15) is 0 Å². The number of rotatable bonds is 0. The standard InChI is InChI=1S/C4H10N2O.ClH/c5-6-3-1-2-4(6)7;/h4,7H,1-3,5H2;1H. The molecule has 1 heterocycles. The quantitative estimate of drug-likeness (QED) is 0.452. The molecule has 3 N–H and O–H groups in total. The van der Waals surface area contributed by atoms with Crippen molar-refractivity contribution >= 4 is 12.4 Å². The van der Waals surface area contributed by atoms with Crippen molar-refractivity contribution in [2.24, 2.45) is 5.84 Å². The molecule has 1 saturated heterocycles. The Labute approximate surface area is 54.8 Å². The van der Waals surface area contributed by atoms with Gasteiger partial charge in [-0.1, -0.05) is 0 Å². The maximum atomic E-state index is 8.80. The lowest BCUT2D eigenvalue weighted by molar-refractivity contribution is 0.0381. The molecule has 0 bridgehead atoms. The van der Waals surface area contributed by atoms with Crippen LogP contribution in [0, 0.1) is 0 Å². The highest BCUT2D eigenvalue weighted by Gasteiger charge is 2.17. The number of hydrogen-bond acceptors (Lipinski definition) is 3. The van der Waals surface area contributed by atoms with Crippen LogP contribution in [-0.4, -0.2) is 22.9 Å². The lowest BCUT2D eigenvalue weighted by Crippen LogP contribution is -2.35. The van der Waals surface area contributed by atoms with Crippen molar-refractivity contribution in [1.82, 2.24) is 5.01 Å². The molecule has 1 unspecified atom stereocenters. The lowest BCUT2D eigenvalue weighted by atomic mass is 10.4. The normalized spacial score (nSPS) is 30.0. The molecular weight excluding hydrogens is 128 g/mol. The SMILES string of the molecule is Cl.NN1CCCC1O. The Morgan fingerprint density at radius 2 is 2.25 bits per heavy atom. The zero-order valence-corrected chi connectivity index (χ0v) is 5.40. The number of hydrazine groups is 1. The van der Waals surface area contributed by atoms with Gasteiger partial charge in [0, 0.05) is 6.54 Å². The van der Waals surface area contributed by atoms with E-state index in [9.17, 15) is 0 Å². The summed E-state index contributed by atoms with van der Waals surface area (Å²) >= 11 is 0. The number of hydrogen-bond donors (Lipinski definition) is 2. The van der Waals surface area contributed by atoms with Crippen LogP contribution in [0.15, 0.2) is 0 Å². The van der Waals surface area contributed by atoms with Crippen LogP contribution in [0.3, 0.4) is 0 Å². The van der Waals surface area contributed by atoms with E-state index in [1.165, 1.54) is 5.01 Å². The average molecular weight is 139 g/mol. The third-order valence-corrected chi connectivity index (χ3v) is 1.26. The first-order chi connectivity index (χ1) is 3.30. The summed E-state index contributed by atoms with van der Waals surface area (Å²) in [5.41, 5.74) is 0. The van der Waals surface area contributed by atoms with Gasteiger partial charge in [-0.25, -0.2) is 5.01 Å². The molecule has 0 spiro atoms. The minimum absolute atomic E-state index is 0. The topological polar surface area (TPSA) is 49.5 Å². The number of nitrogens with zero attached hydrogens (tertiary/aromatic N) is 1. The predicted octanol–water partition coefficient (Wildman–Crippen LogP) is -0.304. The summed E-state index contributed by atoms with van der Waals surface area (Å²) < 4.78 is 0. The molecule has 50 valence electrons. The van der Waals surface area contributed by atoms with Crippen molar-refractivity contribution in [3.63, 3.8) is 0 Å². The van der Waals surface area contributed by atoms with E-state index in [4.69, 9.17) is 10.9 Å². The average Bonchev–Trinajstić information content (AvgIpc) is 1.91. The van der Waals surface area contributed by atoms with E-state index in [0.29, 0.717) is 0 Å². The minimum atomic E-state index is -0.375. The first kappa shape index (κ1) is 8.17. The number of aliphatic hydroxyl groups excluding tert-OH is 1. The van der Waals surface area contributed by atoms with Gasteiger partial charge in [-0.05, 0) is 12.8 Å². The summed E-state index contributed by atoms with van der Waals surface area (Å²) in [6.07, 6.45) is 1.48. The molecule has 8 heavy (non-hydrogen) atoms. The fourth-order valence-electron chi connectivity index (χ4n) is 0.771. The molecule has 1 aliphatic heterocycles. The molecule has 0 aromatic carbocycles. The molecule has 1 fully saturated rings. The fraction of sp³-hybridized carbons (Fsp3) is 1.00. The second kappa shape index (κ2) is 3.25. The summed E-state index contributed by atoms with van der Waals surface area (Å²) in [6, 6.07) is 0. The predicted molar refractivity (Wildman–Crippen MR) is 33.4 cm³/mol.